The van der Waals surface area contributed by atoms with E-state index in [1.54, 1.807) is 0 Å². The molecule has 2 unspecified atom stereocenters. The first-order chi connectivity index (χ1) is 10.6. The Labute approximate surface area is 135 Å². The summed E-state index contributed by atoms with van der Waals surface area (Å²) >= 11 is 0. The highest BCUT2D eigenvalue weighted by Crippen LogP contribution is 2.42. The third kappa shape index (κ3) is 4.61. The normalized spacial score (nSPS) is 24.4. The van der Waals surface area contributed by atoms with Gasteiger partial charge in [0.25, 0.3) is 0 Å². The highest BCUT2D eigenvalue weighted by molar-refractivity contribution is 5.27. The summed E-state index contributed by atoms with van der Waals surface area (Å²) in [6, 6.07) is 8.39. The highest BCUT2D eigenvalue weighted by Gasteiger charge is 2.49. The molecule has 0 N–H and O–H groups in total. The average molecular weight is 302 g/mol. The van der Waals surface area contributed by atoms with Crippen LogP contribution in [0.25, 0.3) is 0 Å². The van der Waals surface area contributed by atoms with Crippen LogP contribution in [-0.4, -0.2) is 18.3 Å². The summed E-state index contributed by atoms with van der Waals surface area (Å²) in [6.07, 6.45) is 8.21. The molecule has 0 amide bonds. The van der Waals surface area contributed by atoms with E-state index in [1.807, 2.05) is 0 Å². The average Bonchev–Trinajstić information content (AvgIpc) is 3.22. The number of ether oxygens (including phenoxy) is 2. The lowest BCUT2D eigenvalue weighted by atomic mass is 9.98. The molecule has 122 valence electrons. The lowest BCUT2D eigenvalue weighted by molar-refractivity contribution is 0.300. The number of hydrogen-bond acceptors (Lipinski definition) is 2. The molecule has 1 fully saturated rings. The third-order valence-electron chi connectivity index (χ3n) is 4.87. The first kappa shape index (κ1) is 17.1. The van der Waals surface area contributed by atoms with Gasteiger partial charge < -0.3 is 9.47 Å². The van der Waals surface area contributed by atoms with E-state index in [0.717, 1.165) is 37.9 Å². The molecule has 2 rings (SSSR count). The zero-order chi connectivity index (χ0) is 16.0. The van der Waals surface area contributed by atoms with Crippen LogP contribution >= 0.6 is 0 Å². The van der Waals surface area contributed by atoms with Gasteiger partial charge in [0.05, 0.1) is 11.7 Å². The summed E-state index contributed by atoms with van der Waals surface area (Å²) in [5, 5.41) is 0. The van der Waals surface area contributed by atoms with Crippen LogP contribution in [0.4, 0.5) is 0 Å². The van der Waals surface area contributed by atoms with E-state index >= 15 is 0 Å². The second-order valence-electron chi connectivity index (χ2n) is 6.34. The number of hydrogen-bond donors (Lipinski definition) is 0. The Morgan fingerprint density at radius 3 is 2.50 bits per heavy atom. The topological polar surface area (TPSA) is 21.8 Å². The summed E-state index contributed by atoms with van der Waals surface area (Å²) in [6.45, 7) is 9.46. The highest BCUT2D eigenvalue weighted by atomic mass is 16.6. The summed E-state index contributed by atoms with van der Waals surface area (Å²) in [5.74, 6) is 0.952. The molecule has 0 saturated carbocycles. The first-order valence-electron chi connectivity index (χ1n) is 8.68. The Kier molecular flexibility index (Phi) is 6.07. The van der Waals surface area contributed by atoms with Crippen molar-refractivity contribution in [3.8, 4) is 5.75 Å². The Morgan fingerprint density at radius 2 is 1.95 bits per heavy atom. The van der Waals surface area contributed by atoms with Crippen molar-refractivity contribution in [2.24, 2.45) is 0 Å². The number of benzene rings is 1. The van der Waals surface area contributed by atoms with Crippen molar-refractivity contribution in [1.82, 2.24) is 0 Å². The van der Waals surface area contributed by atoms with Crippen molar-refractivity contribution < 1.29 is 9.47 Å². The van der Waals surface area contributed by atoms with Crippen molar-refractivity contribution in [1.29, 1.82) is 0 Å². The molecule has 1 aromatic rings. The molecule has 2 heteroatoms. The van der Waals surface area contributed by atoms with Crippen molar-refractivity contribution in [3.63, 3.8) is 0 Å². The van der Waals surface area contributed by atoms with Gasteiger partial charge in [-0.2, -0.15) is 0 Å². The largest absolute Gasteiger partial charge is 0.490 e. The van der Waals surface area contributed by atoms with Crippen molar-refractivity contribution in [2.45, 2.75) is 71.5 Å². The van der Waals surface area contributed by atoms with Crippen LogP contribution in [0, 0.1) is 0 Å². The van der Waals surface area contributed by atoms with Crippen molar-refractivity contribution in [3.05, 3.63) is 41.5 Å². The Morgan fingerprint density at radius 1 is 1.23 bits per heavy atom. The van der Waals surface area contributed by atoms with Gasteiger partial charge in [0.2, 0.25) is 0 Å². The lowest BCUT2D eigenvalue weighted by Gasteiger charge is -2.07. The van der Waals surface area contributed by atoms with Gasteiger partial charge in [-0.05, 0) is 62.8 Å². The molecule has 0 spiro atoms. The van der Waals surface area contributed by atoms with Gasteiger partial charge in [-0.3, -0.25) is 0 Å². The van der Waals surface area contributed by atoms with Gasteiger partial charge in [0.1, 0.15) is 12.4 Å². The number of allylic oxidation sites excluding steroid dienone is 1. The molecule has 1 aromatic carbocycles. The van der Waals surface area contributed by atoms with Gasteiger partial charge in [0, 0.05) is 0 Å². The molecule has 22 heavy (non-hydrogen) atoms. The molecule has 0 aromatic heterocycles. The summed E-state index contributed by atoms with van der Waals surface area (Å²) in [4.78, 5) is 0. The van der Waals surface area contributed by atoms with Gasteiger partial charge in [-0.15, -0.1) is 0 Å². The zero-order valence-electron chi connectivity index (χ0n) is 14.5. The van der Waals surface area contributed by atoms with Gasteiger partial charge >= 0.3 is 0 Å². The molecule has 0 bridgehead atoms. The fraction of sp³-hybridized carbons (Fsp3) is 0.600. The van der Waals surface area contributed by atoms with Crippen LogP contribution in [0.2, 0.25) is 0 Å². The Bertz CT molecular complexity index is 489. The van der Waals surface area contributed by atoms with E-state index in [4.69, 9.17) is 9.47 Å². The monoisotopic (exact) mass is 302 g/mol. The second-order valence-corrected chi connectivity index (χ2v) is 6.34. The molecular formula is C20H30O2. The van der Waals surface area contributed by atoms with Crippen LogP contribution in [0.3, 0.4) is 0 Å². The molecule has 1 aliphatic heterocycles. The van der Waals surface area contributed by atoms with Crippen LogP contribution < -0.4 is 4.74 Å². The Balaban J connectivity index is 1.74. The van der Waals surface area contributed by atoms with Gasteiger partial charge in [-0.1, -0.05) is 38.5 Å². The second kappa shape index (κ2) is 7.82. The van der Waals surface area contributed by atoms with E-state index in [9.17, 15) is 0 Å². The number of aryl methyl sites for hydroxylation is 1. The molecule has 1 aliphatic rings. The Hall–Kier alpha value is -1.28. The molecule has 1 heterocycles. The van der Waals surface area contributed by atoms with Crippen LogP contribution in [0.1, 0.15) is 58.9 Å². The van der Waals surface area contributed by atoms with E-state index in [-0.39, 0.29) is 5.60 Å². The third-order valence-corrected chi connectivity index (χ3v) is 4.87. The quantitative estimate of drug-likeness (QED) is 0.455. The molecule has 2 atom stereocenters. The van der Waals surface area contributed by atoms with E-state index in [0.29, 0.717) is 12.7 Å². The maximum Gasteiger partial charge on any atom is 0.119 e. The minimum Gasteiger partial charge on any atom is -0.490 e. The minimum absolute atomic E-state index is 0.149. The molecule has 0 radical (unpaired) electrons. The summed E-state index contributed by atoms with van der Waals surface area (Å²) in [5.41, 5.74) is 2.97. The molecule has 0 aliphatic carbocycles. The maximum atomic E-state index is 5.81. The fourth-order valence-electron chi connectivity index (χ4n) is 2.78. The summed E-state index contributed by atoms with van der Waals surface area (Å²) in [7, 11) is 0. The van der Waals surface area contributed by atoms with Gasteiger partial charge in [-0.25, -0.2) is 0 Å². The zero-order valence-corrected chi connectivity index (χ0v) is 14.5. The fourth-order valence-corrected chi connectivity index (χ4v) is 2.78. The summed E-state index contributed by atoms with van der Waals surface area (Å²) < 4.78 is 11.6. The van der Waals surface area contributed by atoms with Crippen molar-refractivity contribution in [2.75, 3.05) is 6.61 Å². The molecule has 1 saturated heterocycles. The molecular weight excluding hydrogens is 272 g/mol. The predicted molar refractivity (Wildman–Crippen MR) is 92.5 cm³/mol. The maximum absolute atomic E-state index is 5.81. The number of epoxide rings is 1. The van der Waals surface area contributed by atoms with E-state index in [2.05, 4.69) is 58.0 Å². The van der Waals surface area contributed by atoms with E-state index < -0.39 is 0 Å². The SMILES string of the molecule is CCC(=CCOc1ccc(CC)cc1)CCC1OC1(C)CC. The van der Waals surface area contributed by atoms with Gasteiger partial charge in [0.15, 0.2) is 0 Å². The van der Waals surface area contributed by atoms with Crippen molar-refractivity contribution >= 4 is 0 Å². The minimum atomic E-state index is 0.149. The van der Waals surface area contributed by atoms with E-state index in [1.165, 1.54) is 11.1 Å². The van der Waals surface area contributed by atoms with Crippen LogP contribution in [0.15, 0.2) is 35.9 Å². The smallest absolute Gasteiger partial charge is 0.119 e. The lowest BCUT2D eigenvalue weighted by Crippen LogP contribution is -2.07. The molecule has 2 nitrogen and oxygen atoms in total. The van der Waals surface area contributed by atoms with Crippen LogP contribution in [-0.2, 0) is 11.2 Å². The van der Waals surface area contributed by atoms with Crippen LogP contribution in [0.5, 0.6) is 5.75 Å². The number of rotatable bonds is 9. The first-order valence-corrected chi connectivity index (χ1v) is 8.68. The standard InChI is InChI=1S/C20H30O2/c1-5-16-8-11-18(12-9-16)21-15-14-17(6-2)10-13-19-20(4,7-3)22-19/h8-9,11-12,14,19H,5-7,10,13,15H2,1-4H3. The predicted octanol–water partition coefficient (Wildman–Crippen LogP) is 5.31.